The predicted molar refractivity (Wildman–Crippen MR) is 75.4 cm³/mol. The van der Waals surface area contributed by atoms with Gasteiger partial charge in [0, 0.05) is 23.3 Å². The van der Waals surface area contributed by atoms with Crippen molar-refractivity contribution in [1.82, 2.24) is 0 Å². The van der Waals surface area contributed by atoms with Crippen LogP contribution in [0.25, 0.3) is 0 Å². The summed E-state index contributed by atoms with van der Waals surface area (Å²) in [5, 5.41) is 3.35. The summed E-state index contributed by atoms with van der Waals surface area (Å²) in [6, 6.07) is 8.23. The van der Waals surface area contributed by atoms with Crippen LogP contribution in [0.15, 0.2) is 28.7 Å². The fourth-order valence-electron chi connectivity index (χ4n) is 2.26. The van der Waals surface area contributed by atoms with Gasteiger partial charge in [-0.25, -0.2) is 0 Å². The molecule has 1 aromatic carbocycles. The molecule has 0 spiro atoms. The van der Waals surface area contributed by atoms with Gasteiger partial charge in [-0.15, -0.1) is 0 Å². The van der Waals surface area contributed by atoms with Crippen molar-refractivity contribution in [3.05, 3.63) is 28.7 Å². The average Bonchev–Trinajstić information content (AvgIpc) is 2.84. The topological polar surface area (TPSA) is 21.3 Å². The van der Waals surface area contributed by atoms with E-state index in [-0.39, 0.29) is 0 Å². The molecule has 0 atom stereocenters. The lowest BCUT2D eigenvalue weighted by atomic mass is 10.1. The van der Waals surface area contributed by atoms with Gasteiger partial charge in [-0.05, 0) is 43.0 Å². The Kier molecular flexibility index (Phi) is 5.33. The van der Waals surface area contributed by atoms with Crippen LogP contribution in [0.5, 0.6) is 0 Å². The number of rotatable bonds is 6. The summed E-state index contributed by atoms with van der Waals surface area (Å²) in [7, 11) is 0. The Balaban J connectivity index is 1.55. The second-order valence-corrected chi connectivity index (χ2v) is 5.57. The van der Waals surface area contributed by atoms with Crippen molar-refractivity contribution in [2.45, 2.75) is 25.7 Å². The molecule has 0 heterocycles. The molecule has 0 saturated heterocycles. The lowest BCUT2D eigenvalue weighted by molar-refractivity contribution is 0.109. The minimum absolute atomic E-state index is 0.798. The predicted octanol–water partition coefficient (Wildman–Crippen LogP) is 4.07. The molecule has 1 aromatic rings. The largest absolute Gasteiger partial charge is 0.383 e. The first kappa shape index (κ1) is 12.9. The number of hydrogen-bond donors (Lipinski definition) is 1. The highest BCUT2D eigenvalue weighted by Gasteiger charge is 2.14. The highest BCUT2D eigenvalue weighted by Crippen LogP contribution is 2.24. The first-order valence-corrected chi connectivity index (χ1v) is 7.21. The molecule has 1 aliphatic carbocycles. The zero-order chi connectivity index (χ0) is 11.9. The third-order valence-corrected chi connectivity index (χ3v) is 3.78. The molecule has 1 saturated carbocycles. The number of hydrogen-bond acceptors (Lipinski definition) is 2. The lowest BCUT2D eigenvalue weighted by Crippen LogP contribution is -2.13. The van der Waals surface area contributed by atoms with E-state index in [0.717, 1.165) is 35.8 Å². The lowest BCUT2D eigenvalue weighted by Gasteiger charge is -2.11. The molecule has 94 valence electrons. The Bertz CT molecular complexity index is 319. The fraction of sp³-hybridized carbons (Fsp3) is 0.571. The molecule has 0 radical (unpaired) electrons. The molecule has 1 N–H and O–H groups in total. The Morgan fingerprint density at radius 2 is 1.88 bits per heavy atom. The number of anilines is 1. The van der Waals surface area contributed by atoms with Crippen LogP contribution in [0.2, 0.25) is 0 Å². The zero-order valence-electron chi connectivity index (χ0n) is 10.1. The SMILES string of the molecule is Brc1ccc(NCCOCC2CCCC2)cc1. The van der Waals surface area contributed by atoms with Crippen molar-refractivity contribution in [2.24, 2.45) is 5.92 Å². The molecule has 0 aliphatic heterocycles. The maximum Gasteiger partial charge on any atom is 0.0639 e. The van der Waals surface area contributed by atoms with Gasteiger partial charge in [0.15, 0.2) is 0 Å². The molecule has 0 unspecified atom stereocenters. The van der Waals surface area contributed by atoms with Gasteiger partial charge in [0.2, 0.25) is 0 Å². The van der Waals surface area contributed by atoms with Gasteiger partial charge in [0.25, 0.3) is 0 Å². The van der Waals surface area contributed by atoms with Gasteiger partial charge in [-0.3, -0.25) is 0 Å². The Hall–Kier alpha value is -0.540. The van der Waals surface area contributed by atoms with Gasteiger partial charge in [-0.2, -0.15) is 0 Å². The molecule has 17 heavy (non-hydrogen) atoms. The van der Waals surface area contributed by atoms with Crippen LogP contribution in [-0.4, -0.2) is 19.8 Å². The Morgan fingerprint density at radius 3 is 2.59 bits per heavy atom. The molecule has 1 fully saturated rings. The molecule has 1 aliphatic rings. The highest BCUT2D eigenvalue weighted by molar-refractivity contribution is 9.10. The quantitative estimate of drug-likeness (QED) is 0.799. The molecule has 0 amide bonds. The zero-order valence-corrected chi connectivity index (χ0v) is 11.7. The van der Waals surface area contributed by atoms with E-state index in [4.69, 9.17) is 4.74 Å². The van der Waals surface area contributed by atoms with E-state index in [1.165, 1.54) is 25.7 Å². The van der Waals surface area contributed by atoms with Crippen molar-refractivity contribution in [1.29, 1.82) is 0 Å². The van der Waals surface area contributed by atoms with Crippen LogP contribution < -0.4 is 5.32 Å². The molecule has 0 aromatic heterocycles. The molecular formula is C14H20BrNO. The highest BCUT2D eigenvalue weighted by atomic mass is 79.9. The summed E-state index contributed by atoms with van der Waals surface area (Å²) in [5.41, 5.74) is 1.15. The van der Waals surface area contributed by atoms with Crippen LogP contribution in [0, 0.1) is 5.92 Å². The van der Waals surface area contributed by atoms with E-state index in [1.54, 1.807) is 0 Å². The standard InChI is InChI=1S/C14H20BrNO/c15-13-5-7-14(8-6-13)16-9-10-17-11-12-3-1-2-4-12/h5-8,12,16H,1-4,9-11H2. The van der Waals surface area contributed by atoms with Gasteiger partial charge in [0.1, 0.15) is 0 Å². The van der Waals surface area contributed by atoms with Crippen LogP contribution in [-0.2, 0) is 4.74 Å². The first-order valence-electron chi connectivity index (χ1n) is 6.42. The minimum Gasteiger partial charge on any atom is -0.383 e. The summed E-state index contributed by atoms with van der Waals surface area (Å²) in [5.74, 6) is 0.822. The normalized spacial score (nSPS) is 16.3. The monoisotopic (exact) mass is 297 g/mol. The minimum atomic E-state index is 0.798. The van der Waals surface area contributed by atoms with Gasteiger partial charge < -0.3 is 10.1 Å². The van der Waals surface area contributed by atoms with Gasteiger partial charge in [0.05, 0.1) is 6.61 Å². The van der Waals surface area contributed by atoms with E-state index in [1.807, 2.05) is 12.1 Å². The third-order valence-electron chi connectivity index (χ3n) is 3.25. The van der Waals surface area contributed by atoms with E-state index < -0.39 is 0 Å². The Labute approximate surface area is 112 Å². The van der Waals surface area contributed by atoms with Gasteiger partial charge in [-0.1, -0.05) is 28.8 Å². The molecule has 0 bridgehead atoms. The third kappa shape index (κ3) is 4.68. The second-order valence-electron chi connectivity index (χ2n) is 4.66. The van der Waals surface area contributed by atoms with E-state index in [2.05, 4.69) is 33.4 Å². The maximum absolute atomic E-state index is 5.69. The second kappa shape index (κ2) is 7.02. The smallest absolute Gasteiger partial charge is 0.0639 e. The average molecular weight is 298 g/mol. The Morgan fingerprint density at radius 1 is 1.18 bits per heavy atom. The fourth-order valence-corrected chi connectivity index (χ4v) is 2.53. The van der Waals surface area contributed by atoms with E-state index >= 15 is 0 Å². The summed E-state index contributed by atoms with van der Waals surface area (Å²) in [4.78, 5) is 0. The summed E-state index contributed by atoms with van der Waals surface area (Å²) >= 11 is 3.42. The maximum atomic E-state index is 5.69. The summed E-state index contributed by atoms with van der Waals surface area (Å²) in [6.45, 7) is 2.63. The molecule has 3 heteroatoms. The van der Waals surface area contributed by atoms with Gasteiger partial charge >= 0.3 is 0 Å². The molecule has 2 nitrogen and oxygen atoms in total. The number of ether oxygens (including phenoxy) is 1. The first-order chi connectivity index (χ1) is 8.34. The molecular weight excluding hydrogens is 278 g/mol. The van der Waals surface area contributed by atoms with Crippen LogP contribution in [0.1, 0.15) is 25.7 Å². The van der Waals surface area contributed by atoms with Crippen molar-refractivity contribution in [3.63, 3.8) is 0 Å². The number of benzene rings is 1. The van der Waals surface area contributed by atoms with Crippen molar-refractivity contribution in [2.75, 3.05) is 25.1 Å². The van der Waals surface area contributed by atoms with Crippen LogP contribution in [0.4, 0.5) is 5.69 Å². The number of nitrogens with one attached hydrogen (secondary N) is 1. The van der Waals surface area contributed by atoms with E-state index in [0.29, 0.717) is 0 Å². The van der Waals surface area contributed by atoms with Crippen molar-refractivity contribution >= 4 is 21.6 Å². The molecule has 2 rings (SSSR count). The van der Waals surface area contributed by atoms with E-state index in [9.17, 15) is 0 Å². The summed E-state index contributed by atoms with van der Waals surface area (Å²) < 4.78 is 6.80. The number of halogens is 1. The van der Waals surface area contributed by atoms with Crippen molar-refractivity contribution < 1.29 is 4.74 Å². The summed E-state index contributed by atoms with van der Waals surface area (Å²) in [6.07, 6.45) is 5.51. The van der Waals surface area contributed by atoms with Crippen LogP contribution in [0.3, 0.4) is 0 Å². The van der Waals surface area contributed by atoms with Crippen molar-refractivity contribution in [3.8, 4) is 0 Å². The van der Waals surface area contributed by atoms with Crippen LogP contribution >= 0.6 is 15.9 Å².